The summed E-state index contributed by atoms with van der Waals surface area (Å²) < 4.78 is 0. The maximum absolute atomic E-state index is 12.7. The molecule has 5 nitrogen and oxygen atoms in total. The zero-order chi connectivity index (χ0) is 13.7. The third-order valence-corrected chi connectivity index (χ3v) is 5.19. The minimum Gasteiger partial charge on any atom is -0.342 e. The molecule has 2 heterocycles. The van der Waals surface area contributed by atoms with Crippen LogP contribution in [0.2, 0.25) is 0 Å². The van der Waals surface area contributed by atoms with Crippen molar-refractivity contribution < 1.29 is 9.59 Å². The molecule has 1 aromatic rings. The summed E-state index contributed by atoms with van der Waals surface area (Å²) in [5.41, 5.74) is 1.77. The van der Waals surface area contributed by atoms with Gasteiger partial charge in [-0.2, -0.15) is 0 Å². The Hall–Kier alpha value is -1.43. The predicted molar refractivity (Wildman–Crippen MR) is 73.8 cm³/mol. The van der Waals surface area contributed by atoms with Crippen LogP contribution in [0.3, 0.4) is 0 Å². The third kappa shape index (κ3) is 2.12. The molecule has 1 aliphatic heterocycles. The lowest BCUT2D eigenvalue weighted by molar-refractivity contribution is -0.151. The van der Waals surface area contributed by atoms with Gasteiger partial charge < -0.3 is 10.2 Å². The van der Waals surface area contributed by atoms with E-state index in [1.165, 1.54) is 0 Å². The maximum Gasteiger partial charge on any atom is 0.246 e. The van der Waals surface area contributed by atoms with Crippen LogP contribution < -0.4 is 5.32 Å². The highest BCUT2D eigenvalue weighted by atomic mass is 32.1. The molecule has 106 valence electrons. The topological polar surface area (TPSA) is 62.3 Å². The smallest absolute Gasteiger partial charge is 0.246 e. The molecule has 20 heavy (non-hydrogen) atoms. The number of piperazine rings is 1. The monoisotopic (exact) mass is 291 g/mol. The molecule has 0 bridgehead atoms. The van der Waals surface area contributed by atoms with E-state index in [1.54, 1.807) is 23.0 Å². The van der Waals surface area contributed by atoms with Gasteiger partial charge in [0.1, 0.15) is 12.1 Å². The molecule has 4 rings (SSSR count). The Balaban J connectivity index is 1.61. The molecule has 6 heteroatoms. The zero-order valence-electron chi connectivity index (χ0n) is 11.1. The Kier molecular flexibility index (Phi) is 2.80. The lowest BCUT2D eigenvalue weighted by Crippen LogP contribution is -2.64. The summed E-state index contributed by atoms with van der Waals surface area (Å²) in [4.78, 5) is 32.0. The molecule has 2 aliphatic carbocycles. The average molecular weight is 291 g/mol. The van der Waals surface area contributed by atoms with E-state index in [2.05, 4.69) is 10.3 Å². The largest absolute Gasteiger partial charge is 0.342 e. The Morgan fingerprint density at radius 2 is 2.00 bits per heavy atom. The molecular weight excluding hydrogens is 274 g/mol. The van der Waals surface area contributed by atoms with Crippen LogP contribution in [0.4, 0.5) is 0 Å². The van der Waals surface area contributed by atoms with Crippen molar-refractivity contribution in [2.45, 2.75) is 44.3 Å². The molecular formula is C14H17N3O2S. The first-order valence-corrected chi connectivity index (χ1v) is 8.10. The van der Waals surface area contributed by atoms with E-state index >= 15 is 0 Å². The van der Waals surface area contributed by atoms with E-state index in [1.807, 2.05) is 4.90 Å². The van der Waals surface area contributed by atoms with Crippen molar-refractivity contribution in [3.05, 3.63) is 16.6 Å². The molecule has 0 aromatic carbocycles. The number of carbonyl (C=O) groups is 2. The molecule has 3 aliphatic rings. The summed E-state index contributed by atoms with van der Waals surface area (Å²) in [7, 11) is 0. The molecule has 0 spiro atoms. The molecule has 1 saturated heterocycles. The second-order valence-corrected chi connectivity index (χ2v) is 7.01. The summed E-state index contributed by atoms with van der Waals surface area (Å²) in [5.74, 6) is 0.869. The number of amides is 2. The van der Waals surface area contributed by atoms with Crippen LogP contribution in [-0.4, -0.2) is 33.8 Å². The lowest BCUT2D eigenvalue weighted by atomic mass is 10.0. The SMILES string of the molecule is O=C1NC(C2CC2)C(=O)N(Cc2cncs2)C1C1CC1. The van der Waals surface area contributed by atoms with Gasteiger partial charge in [0.2, 0.25) is 11.8 Å². The molecule has 2 saturated carbocycles. The van der Waals surface area contributed by atoms with E-state index in [9.17, 15) is 9.59 Å². The van der Waals surface area contributed by atoms with Crippen molar-refractivity contribution in [1.29, 1.82) is 0 Å². The second kappa shape index (κ2) is 4.55. The lowest BCUT2D eigenvalue weighted by Gasteiger charge is -2.39. The standard InChI is InChI=1S/C14H17N3O2S/c18-13-12(9-3-4-9)17(6-10-5-15-7-20-10)14(19)11(16-13)8-1-2-8/h5,7-9,11-12H,1-4,6H2,(H,16,18). The Bertz CT molecular complexity index is 537. The van der Waals surface area contributed by atoms with Gasteiger partial charge in [-0.3, -0.25) is 14.6 Å². The Labute approximate surface area is 121 Å². The number of rotatable bonds is 4. The van der Waals surface area contributed by atoms with Gasteiger partial charge >= 0.3 is 0 Å². The fourth-order valence-corrected chi connectivity index (χ4v) is 3.64. The number of thiazole rings is 1. The minimum absolute atomic E-state index is 0.0496. The molecule has 1 aromatic heterocycles. The first-order valence-electron chi connectivity index (χ1n) is 7.22. The molecule has 1 N–H and O–H groups in total. The second-order valence-electron chi connectivity index (χ2n) is 6.04. The van der Waals surface area contributed by atoms with E-state index in [-0.39, 0.29) is 23.9 Å². The van der Waals surface area contributed by atoms with Crippen LogP contribution in [0, 0.1) is 11.8 Å². The van der Waals surface area contributed by atoms with E-state index < -0.39 is 0 Å². The summed E-state index contributed by atoms with van der Waals surface area (Å²) in [6, 6.07) is -0.551. The van der Waals surface area contributed by atoms with Crippen LogP contribution >= 0.6 is 11.3 Å². The van der Waals surface area contributed by atoms with Crippen LogP contribution in [0.1, 0.15) is 30.6 Å². The highest BCUT2D eigenvalue weighted by molar-refractivity contribution is 7.09. The summed E-state index contributed by atoms with van der Waals surface area (Å²) in [5, 5.41) is 2.97. The number of hydrogen-bond acceptors (Lipinski definition) is 4. The van der Waals surface area contributed by atoms with Crippen LogP contribution in [0.15, 0.2) is 11.7 Å². The molecule has 0 radical (unpaired) electrons. The zero-order valence-corrected chi connectivity index (χ0v) is 11.9. The first-order chi connectivity index (χ1) is 9.74. The van der Waals surface area contributed by atoms with Crippen LogP contribution in [0.25, 0.3) is 0 Å². The molecule has 2 atom stereocenters. The van der Waals surface area contributed by atoms with Crippen LogP contribution in [-0.2, 0) is 16.1 Å². The van der Waals surface area contributed by atoms with Gasteiger partial charge in [0.05, 0.1) is 12.1 Å². The number of aromatic nitrogens is 1. The van der Waals surface area contributed by atoms with E-state index in [0.717, 1.165) is 30.6 Å². The average Bonchev–Trinajstić information content (AvgIpc) is 3.34. The first kappa shape index (κ1) is 12.3. The summed E-state index contributed by atoms with van der Waals surface area (Å²) in [6.45, 7) is 0.529. The van der Waals surface area contributed by atoms with Crippen molar-refractivity contribution in [1.82, 2.24) is 15.2 Å². The Morgan fingerprint density at radius 3 is 2.60 bits per heavy atom. The summed E-state index contributed by atoms with van der Waals surface area (Å²) >= 11 is 1.54. The van der Waals surface area contributed by atoms with Crippen molar-refractivity contribution in [2.24, 2.45) is 11.8 Å². The normalized spacial score (nSPS) is 30.5. The predicted octanol–water partition coefficient (Wildman–Crippen LogP) is 1.16. The van der Waals surface area contributed by atoms with Crippen molar-refractivity contribution in [3.8, 4) is 0 Å². The molecule has 3 fully saturated rings. The van der Waals surface area contributed by atoms with E-state index in [4.69, 9.17) is 0 Å². The number of nitrogens with zero attached hydrogens (tertiary/aromatic N) is 2. The van der Waals surface area contributed by atoms with Crippen LogP contribution in [0.5, 0.6) is 0 Å². The van der Waals surface area contributed by atoms with Crippen molar-refractivity contribution in [2.75, 3.05) is 0 Å². The minimum atomic E-state index is -0.287. The van der Waals surface area contributed by atoms with Gasteiger partial charge in [-0.15, -0.1) is 11.3 Å². The van der Waals surface area contributed by atoms with Crippen molar-refractivity contribution >= 4 is 23.2 Å². The number of carbonyl (C=O) groups excluding carboxylic acids is 2. The quantitative estimate of drug-likeness (QED) is 0.905. The number of hydrogen-bond donors (Lipinski definition) is 1. The van der Waals surface area contributed by atoms with Gasteiger partial charge in [-0.05, 0) is 37.5 Å². The van der Waals surface area contributed by atoms with Gasteiger partial charge in [0, 0.05) is 11.1 Å². The highest BCUT2D eigenvalue weighted by Gasteiger charge is 2.51. The van der Waals surface area contributed by atoms with Gasteiger partial charge in [-0.25, -0.2) is 0 Å². The Morgan fingerprint density at radius 1 is 1.25 bits per heavy atom. The number of nitrogens with one attached hydrogen (secondary N) is 1. The van der Waals surface area contributed by atoms with E-state index in [0.29, 0.717) is 18.4 Å². The third-order valence-electron chi connectivity index (χ3n) is 4.42. The highest BCUT2D eigenvalue weighted by Crippen LogP contribution is 2.41. The molecule has 2 unspecified atom stereocenters. The fourth-order valence-electron chi connectivity index (χ4n) is 3.05. The maximum atomic E-state index is 12.7. The van der Waals surface area contributed by atoms with Crippen molar-refractivity contribution in [3.63, 3.8) is 0 Å². The van der Waals surface area contributed by atoms with Gasteiger partial charge in [0.15, 0.2) is 0 Å². The van der Waals surface area contributed by atoms with Gasteiger partial charge in [0.25, 0.3) is 0 Å². The van der Waals surface area contributed by atoms with Gasteiger partial charge in [-0.1, -0.05) is 0 Å². The summed E-state index contributed by atoms with van der Waals surface area (Å²) in [6.07, 6.45) is 6.01. The molecule has 2 amide bonds. The fraction of sp³-hybridized carbons (Fsp3) is 0.643.